The maximum absolute atomic E-state index is 5.61. The third kappa shape index (κ3) is 5.71. The van der Waals surface area contributed by atoms with Crippen LogP contribution in [0.25, 0.3) is 66.6 Å². The Morgan fingerprint density at radius 2 is 0.745 bits per heavy atom. The standard InChI is InChI=1S/C48H33N3/c1-5-16-35(17-6-1)42-32-33-44(43-27-15-21-34-18-13-14-26-41(34)43)48-47(42)49-45(36-19-7-2-8-20-36)46(50-48)37-28-30-40(31-29-37)51(38-22-9-3-10-23-38)39-24-11-4-12-25-39/h1-33H. The van der Waals surface area contributed by atoms with Crippen molar-refractivity contribution in [1.82, 2.24) is 9.97 Å². The van der Waals surface area contributed by atoms with Crippen LogP contribution in [0.4, 0.5) is 17.1 Å². The van der Waals surface area contributed by atoms with Crippen molar-refractivity contribution in [2.24, 2.45) is 0 Å². The summed E-state index contributed by atoms with van der Waals surface area (Å²) in [5, 5.41) is 2.39. The Morgan fingerprint density at radius 3 is 1.37 bits per heavy atom. The van der Waals surface area contributed by atoms with E-state index >= 15 is 0 Å². The molecule has 9 rings (SSSR count). The van der Waals surface area contributed by atoms with E-state index in [9.17, 15) is 0 Å². The van der Waals surface area contributed by atoms with E-state index in [4.69, 9.17) is 9.97 Å². The quantitative estimate of drug-likeness (QED) is 0.172. The number of hydrogen-bond donors (Lipinski definition) is 0. The van der Waals surface area contributed by atoms with Gasteiger partial charge in [0.1, 0.15) is 0 Å². The molecule has 240 valence electrons. The first kappa shape index (κ1) is 30.2. The third-order valence-corrected chi connectivity index (χ3v) is 9.46. The van der Waals surface area contributed by atoms with Crippen molar-refractivity contribution in [1.29, 1.82) is 0 Å². The lowest BCUT2D eigenvalue weighted by atomic mass is 9.93. The molecule has 1 heterocycles. The number of hydrogen-bond acceptors (Lipinski definition) is 3. The molecule has 3 heteroatoms. The minimum atomic E-state index is 0.845. The van der Waals surface area contributed by atoms with Crippen LogP contribution in [0.5, 0.6) is 0 Å². The molecule has 0 atom stereocenters. The van der Waals surface area contributed by atoms with E-state index in [0.29, 0.717) is 0 Å². The summed E-state index contributed by atoms with van der Waals surface area (Å²) in [6.07, 6.45) is 0. The molecule has 1 aromatic heterocycles. The first-order valence-corrected chi connectivity index (χ1v) is 17.3. The zero-order valence-electron chi connectivity index (χ0n) is 27.9. The highest BCUT2D eigenvalue weighted by Gasteiger charge is 2.20. The SMILES string of the molecule is c1ccc(-c2nc3c(-c4ccccc4)ccc(-c4cccc5ccccc45)c3nc2-c2ccc(N(c3ccccc3)c3ccccc3)cc2)cc1. The summed E-state index contributed by atoms with van der Waals surface area (Å²) in [6, 6.07) is 70.1. The van der Waals surface area contributed by atoms with Gasteiger partial charge in [-0.25, -0.2) is 9.97 Å². The number of rotatable bonds is 7. The molecule has 0 saturated heterocycles. The number of fused-ring (bicyclic) bond motifs is 2. The number of benzene rings is 8. The molecule has 0 aliphatic carbocycles. The van der Waals surface area contributed by atoms with Crippen LogP contribution in [-0.4, -0.2) is 9.97 Å². The van der Waals surface area contributed by atoms with Gasteiger partial charge in [-0.2, -0.15) is 0 Å². The van der Waals surface area contributed by atoms with E-state index in [2.05, 4.69) is 199 Å². The van der Waals surface area contributed by atoms with E-state index in [1.165, 1.54) is 10.8 Å². The zero-order chi connectivity index (χ0) is 34.0. The molecule has 9 aromatic rings. The molecule has 8 aromatic carbocycles. The summed E-state index contributed by atoms with van der Waals surface area (Å²) in [6.45, 7) is 0. The van der Waals surface area contributed by atoms with Crippen LogP contribution in [0, 0.1) is 0 Å². The highest BCUT2D eigenvalue weighted by molar-refractivity contribution is 6.08. The monoisotopic (exact) mass is 651 g/mol. The number of para-hydroxylation sites is 2. The van der Waals surface area contributed by atoms with Crippen LogP contribution >= 0.6 is 0 Å². The molecule has 0 radical (unpaired) electrons. The average molecular weight is 652 g/mol. The number of anilines is 3. The smallest absolute Gasteiger partial charge is 0.0979 e. The maximum atomic E-state index is 5.61. The van der Waals surface area contributed by atoms with Crippen LogP contribution in [0.3, 0.4) is 0 Å². The molecule has 3 nitrogen and oxygen atoms in total. The Balaban J connectivity index is 1.29. The van der Waals surface area contributed by atoms with Crippen LogP contribution < -0.4 is 4.90 Å². The van der Waals surface area contributed by atoms with Gasteiger partial charge in [0, 0.05) is 39.3 Å². The Morgan fingerprint density at radius 1 is 0.294 bits per heavy atom. The lowest BCUT2D eigenvalue weighted by Crippen LogP contribution is -2.09. The van der Waals surface area contributed by atoms with Crippen molar-refractivity contribution in [3.05, 3.63) is 200 Å². The highest BCUT2D eigenvalue weighted by Crippen LogP contribution is 2.41. The zero-order valence-corrected chi connectivity index (χ0v) is 27.9. The molecule has 0 spiro atoms. The van der Waals surface area contributed by atoms with Gasteiger partial charge in [0.25, 0.3) is 0 Å². The molecule has 0 fully saturated rings. The predicted molar refractivity (Wildman–Crippen MR) is 213 cm³/mol. The molecule has 0 aliphatic rings. The van der Waals surface area contributed by atoms with E-state index in [-0.39, 0.29) is 0 Å². The van der Waals surface area contributed by atoms with Crippen molar-refractivity contribution in [2.45, 2.75) is 0 Å². The van der Waals surface area contributed by atoms with Gasteiger partial charge in [0.05, 0.1) is 22.4 Å². The topological polar surface area (TPSA) is 29.0 Å². The fraction of sp³-hybridized carbons (Fsp3) is 0. The average Bonchev–Trinajstić information content (AvgIpc) is 3.21. The van der Waals surface area contributed by atoms with E-state index in [1.807, 2.05) is 6.07 Å². The van der Waals surface area contributed by atoms with Crippen molar-refractivity contribution in [3.63, 3.8) is 0 Å². The molecular weight excluding hydrogens is 619 g/mol. The second kappa shape index (κ2) is 13.2. The summed E-state index contributed by atoms with van der Waals surface area (Å²) >= 11 is 0. The van der Waals surface area contributed by atoms with Gasteiger partial charge in [0.15, 0.2) is 0 Å². The largest absolute Gasteiger partial charge is 0.311 e. The molecule has 51 heavy (non-hydrogen) atoms. The Kier molecular flexibility index (Phi) is 7.84. The highest BCUT2D eigenvalue weighted by atomic mass is 15.1. The summed E-state index contributed by atoms with van der Waals surface area (Å²) in [5.41, 5.74) is 13.1. The van der Waals surface area contributed by atoms with Gasteiger partial charge in [-0.15, -0.1) is 0 Å². The normalized spacial score (nSPS) is 11.1. The van der Waals surface area contributed by atoms with Crippen LogP contribution in [0.1, 0.15) is 0 Å². The Hall–Kier alpha value is -6.84. The van der Waals surface area contributed by atoms with Crippen molar-refractivity contribution in [2.75, 3.05) is 4.90 Å². The molecule has 0 amide bonds. The van der Waals surface area contributed by atoms with Crippen molar-refractivity contribution in [3.8, 4) is 44.8 Å². The predicted octanol–water partition coefficient (Wildman–Crippen LogP) is 12.9. The fourth-order valence-electron chi connectivity index (χ4n) is 7.03. The van der Waals surface area contributed by atoms with E-state index < -0.39 is 0 Å². The second-order valence-electron chi connectivity index (χ2n) is 12.6. The summed E-state index contributed by atoms with van der Waals surface area (Å²) in [4.78, 5) is 13.4. The van der Waals surface area contributed by atoms with Crippen molar-refractivity contribution >= 4 is 38.9 Å². The first-order chi connectivity index (χ1) is 25.3. The lowest BCUT2D eigenvalue weighted by Gasteiger charge is -2.25. The summed E-state index contributed by atoms with van der Waals surface area (Å²) < 4.78 is 0. The van der Waals surface area contributed by atoms with E-state index in [1.54, 1.807) is 0 Å². The number of aromatic nitrogens is 2. The first-order valence-electron chi connectivity index (χ1n) is 17.3. The van der Waals surface area contributed by atoms with Crippen LogP contribution in [0.15, 0.2) is 200 Å². The molecule has 0 unspecified atom stereocenters. The summed E-state index contributed by atoms with van der Waals surface area (Å²) in [5.74, 6) is 0. The van der Waals surface area contributed by atoms with Gasteiger partial charge in [0.2, 0.25) is 0 Å². The molecule has 0 aliphatic heterocycles. The minimum Gasteiger partial charge on any atom is -0.311 e. The Bertz CT molecular complexity index is 2560. The van der Waals surface area contributed by atoms with Gasteiger partial charge < -0.3 is 4.90 Å². The molecule has 0 saturated carbocycles. The van der Waals surface area contributed by atoms with Crippen LogP contribution in [0.2, 0.25) is 0 Å². The molecule has 0 N–H and O–H groups in total. The third-order valence-electron chi connectivity index (χ3n) is 9.46. The Labute approximate surface area is 297 Å². The number of nitrogens with zero attached hydrogens (tertiary/aromatic N) is 3. The lowest BCUT2D eigenvalue weighted by molar-refractivity contribution is 1.27. The molecular formula is C48H33N3. The van der Waals surface area contributed by atoms with Gasteiger partial charge in [-0.05, 0) is 58.3 Å². The second-order valence-corrected chi connectivity index (χ2v) is 12.6. The van der Waals surface area contributed by atoms with E-state index in [0.717, 1.165) is 72.9 Å². The maximum Gasteiger partial charge on any atom is 0.0979 e. The van der Waals surface area contributed by atoms with Gasteiger partial charge in [-0.3, -0.25) is 0 Å². The molecule has 0 bridgehead atoms. The van der Waals surface area contributed by atoms with Gasteiger partial charge in [-0.1, -0.05) is 164 Å². The fourth-order valence-corrected chi connectivity index (χ4v) is 7.03. The minimum absolute atomic E-state index is 0.845. The van der Waals surface area contributed by atoms with Crippen LogP contribution in [-0.2, 0) is 0 Å². The summed E-state index contributed by atoms with van der Waals surface area (Å²) in [7, 11) is 0. The van der Waals surface area contributed by atoms with Gasteiger partial charge >= 0.3 is 0 Å². The van der Waals surface area contributed by atoms with Crippen molar-refractivity contribution < 1.29 is 0 Å².